The molecular formula is C27H35N2O3P. The molecule has 2 aromatic carbocycles. The fourth-order valence-electron chi connectivity index (χ4n) is 5.24. The maximum atomic E-state index is 13.6. The summed E-state index contributed by atoms with van der Waals surface area (Å²) in [5, 5.41) is 12.4. The average Bonchev–Trinajstić information content (AvgIpc) is 3.27. The fraction of sp³-hybridized carbons (Fsp3) is 0.444. The van der Waals surface area contributed by atoms with Gasteiger partial charge in [0.15, 0.2) is 0 Å². The van der Waals surface area contributed by atoms with E-state index in [1.54, 1.807) is 12.1 Å². The molecule has 5 nitrogen and oxygen atoms in total. The number of benzene rings is 2. The quantitative estimate of drug-likeness (QED) is 0.387. The van der Waals surface area contributed by atoms with Crippen molar-refractivity contribution < 1.29 is 14.3 Å². The van der Waals surface area contributed by atoms with Gasteiger partial charge < -0.3 is 0 Å². The molecule has 0 aliphatic carbocycles. The Kier molecular flexibility index (Phi) is 8.64. The van der Waals surface area contributed by atoms with Crippen molar-refractivity contribution in [3.63, 3.8) is 0 Å². The molecule has 0 saturated carbocycles. The van der Waals surface area contributed by atoms with Gasteiger partial charge in [-0.05, 0) is 0 Å². The molecule has 1 heterocycles. The van der Waals surface area contributed by atoms with Crippen molar-refractivity contribution >= 4 is 24.8 Å². The van der Waals surface area contributed by atoms with Crippen LogP contribution in [0.2, 0.25) is 0 Å². The van der Waals surface area contributed by atoms with Crippen molar-refractivity contribution in [2.24, 2.45) is 0 Å². The van der Waals surface area contributed by atoms with Crippen molar-refractivity contribution in [3.05, 3.63) is 64.7 Å². The van der Waals surface area contributed by atoms with Crippen LogP contribution in [-0.4, -0.2) is 36.0 Å². The van der Waals surface area contributed by atoms with Gasteiger partial charge in [0.25, 0.3) is 0 Å². The van der Waals surface area contributed by atoms with Gasteiger partial charge in [-0.3, -0.25) is 0 Å². The third-order valence-corrected chi connectivity index (χ3v) is 12.6. The number of nitrogens with one attached hydrogen (secondary N) is 1. The van der Waals surface area contributed by atoms with E-state index in [1.165, 1.54) is 0 Å². The van der Waals surface area contributed by atoms with E-state index < -0.39 is 7.26 Å². The summed E-state index contributed by atoms with van der Waals surface area (Å²) in [6.45, 7) is 6.21. The summed E-state index contributed by atoms with van der Waals surface area (Å²) in [4.78, 5) is 26.5. The number of amides is 1. The van der Waals surface area contributed by atoms with Crippen molar-refractivity contribution in [1.29, 1.82) is 5.26 Å². The number of nitrogens with zero attached hydrogens (tertiary/aromatic N) is 1. The SMILES string of the molecule is CCCC(C(=O)Nc1c(C)cc(C#N)cc1C)[PH]1(CC(=O)OCc2ccccc2)CCCC1. The van der Waals surface area contributed by atoms with Crippen LogP contribution in [0, 0.1) is 25.2 Å². The summed E-state index contributed by atoms with van der Waals surface area (Å²) in [5.41, 5.74) is 4.01. The molecule has 0 radical (unpaired) electrons. The first-order chi connectivity index (χ1) is 15.9. The van der Waals surface area contributed by atoms with E-state index in [0.717, 1.165) is 60.4 Å². The summed E-state index contributed by atoms with van der Waals surface area (Å²) in [6.07, 6.45) is 6.26. The van der Waals surface area contributed by atoms with Crippen LogP contribution >= 0.6 is 7.26 Å². The third-order valence-electron chi connectivity index (χ3n) is 6.88. The predicted octanol–water partition coefficient (Wildman–Crippen LogP) is 5.57. The summed E-state index contributed by atoms with van der Waals surface area (Å²) < 4.78 is 5.64. The number of carbonyl (C=O) groups excluding carboxylic acids is 2. The van der Waals surface area contributed by atoms with Crippen molar-refractivity contribution in [3.8, 4) is 6.07 Å². The molecule has 1 saturated heterocycles. The van der Waals surface area contributed by atoms with Crippen LogP contribution in [0.25, 0.3) is 0 Å². The number of anilines is 1. The minimum atomic E-state index is -2.19. The molecule has 3 rings (SSSR count). The van der Waals surface area contributed by atoms with Gasteiger partial charge in [0.1, 0.15) is 0 Å². The first-order valence-electron chi connectivity index (χ1n) is 11.9. The van der Waals surface area contributed by atoms with Crippen molar-refractivity contribution in [2.75, 3.05) is 23.8 Å². The predicted molar refractivity (Wildman–Crippen MR) is 136 cm³/mol. The number of esters is 1. The van der Waals surface area contributed by atoms with Crippen molar-refractivity contribution in [2.45, 2.75) is 58.7 Å². The Morgan fingerprint density at radius 1 is 1.12 bits per heavy atom. The van der Waals surface area contributed by atoms with Gasteiger partial charge in [-0.25, -0.2) is 0 Å². The van der Waals surface area contributed by atoms with E-state index >= 15 is 0 Å². The zero-order valence-corrected chi connectivity index (χ0v) is 20.9. The molecule has 6 heteroatoms. The second-order valence-electron chi connectivity index (χ2n) is 9.32. The molecule has 1 fully saturated rings. The Morgan fingerprint density at radius 3 is 2.33 bits per heavy atom. The number of ether oxygens (including phenoxy) is 1. The Bertz CT molecular complexity index is 1000. The van der Waals surface area contributed by atoms with Crippen LogP contribution in [-0.2, 0) is 20.9 Å². The molecule has 1 amide bonds. The third kappa shape index (κ3) is 6.21. The maximum absolute atomic E-state index is 13.6. The van der Waals surface area contributed by atoms with Gasteiger partial charge in [-0.15, -0.1) is 0 Å². The standard InChI is InChI=1S/C27H35N2O3P/c1-4-10-24(27(31)29-26-20(2)15-23(17-28)16-21(26)3)33(13-8-9-14-33)19-25(30)32-18-22-11-6-5-7-12-22/h5-7,11-12,15-16,24,33H,4,8-10,13-14,18-19H2,1-3H3,(H,29,31). The zero-order chi connectivity index (χ0) is 23.8. The van der Waals surface area contributed by atoms with Crippen LogP contribution in [0.15, 0.2) is 42.5 Å². The Hall–Kier alpha value is -2.70. The second kappa shape index (κ2) is 11.4. The van der Waals surface area contributed by atoms with Crippen LogP contribution < -0.4 is 5.32 Å². The van der Waals surface area contributed by atoms with Crippen LogP contribution in [0.3, 0.4) is 0 Å². The molecule has 1 unspecified atom stereocenters. The van der Waals surface area contributed by atoms with Crippen molar-refractivity contribution in [1.82, 2.24) is 0 Å². The second-order valence-corrected chi connectivity index (χ2v) is 14.1. The van der Waals surface area contributed by atoms with Gasteiger partial charge in [-0.2, -0.15) is 0 Å². The number of hydrogen-bond donors (Lipinski definition) is 1. The average molecular weight is 467 g/mol. The number of aryl methyl sites for hydroxylation is 2. The van der Waals surface area contributed by atoms with E-state index in [1.807, 2.05) is 44.2 Å². The molecule has 0 spiro atoms. The van der Waals surface area contributed by atoms with Gasteiger partial charge in [0.05, 0.1) is 0 Å². The molecular weight excluding hydrogens is 431 g/mol. The van der Waals surface area contributed by atoms with Crippen LogP contribution in [0.1, 0.15) is 54.9 Å². The number of carbonyl (C=O) groups is 2. The van der Waals surface area contributed by atoms with E-state index in [2.05, 4.69) is 18.3 Å². The van der Waals surface area contributed by atoms with Gasteiger partial charge in [-0.1, -0.05) is 0 Å². The summed E-state index contributed by atoms with van der Waals surface area (Å²) in [7, 11) is -2.19. The molecule has 0 bridgehead atoms. The number of rotatable bonds is 9. The molecule has 33 heavy (non-hydrogen) atoms. The Labute approximate surface area is 197 Å². The van der Waals surface area contributed by atoms with Gasteiger partial charge in [0, 0.05) is 0 Å². The summed E-state index contributed by atoms with van der Waals surface area (Å²) in [5.74, 6) is -0.149. The van der Waals surface area contributed by atoms with E-state index in [4.69, 9.17) is 4.74 Å². The number of hydrogen-bond acceptors (Lipinski definition) is 4. The van der Waals surface area contributed by atoms with E-state index in [9.17, 15) is 14.9 Å². The van der Waals surface area contributed by atoms with Gasteiger partial charge in [0.2, 0.25) is 0 Å². The molecule has 1 N–H and O–H groups in total. The van der Waals surface area contributed by atoms with Gasteiger partial charge >= 0.3 is 198 Å². The fourth-order valence-corrected chi connectivity index (χ4v) is 10.9. The minimum absolute atomic E-state index is 0.0252. The summed E-state index contributed by atoms with van der Waals surface area (Å²) >= 11 is 0. The summed E-state index contributed by atoms with van der Waals surface area (Å²) in [6, 6.07) is 15.5. The molecule has 176 valence electrons. The first kappa shape index (κ1) is 24.9. The molecule has 1 atom stereocenters. The number of nitriles is 1. The molecule has 1 aliphatic rings. The molecule has 2 aromatic rings. The topological polar surface area (TPSA) is 79.2 Å². The first-order valence-corrected chi connectivity index (χ1v) is 14.6. The van der Waals surface area contributed by atoms with Crippen LogP contribution in [0.5, 0.6) is 0 Å². The molecule has 1 aliphatic heterocycles. The zero-order valence-electron chi connectivity index (χ0n) is 19.9. The van der Waals surface area contributed by atoms with E-state index in [-0.39, 0.29) is 24.1 Å². The van der Waals surface area contributed by atoms with Crippen LogP contribution in [0.4, 0.5) is 5.69 Å². The molecule has 0 aromatic heterocycles. The Morgan fingerprint density at radius 2 is 1.76 bits per heavy atom. The Balaban J connectivity index is 1.77. The normalized spacial score (nSPS) is 16.4. The monoisotopic (exact) mass is 466 g/mol. The van der Waals surface area contributed by atoms with E-state index in [0.29, 0.717) is 11.7 Å².